The van der Waals surface area contributed by atoms with E-state index in [0.29, 0.717) is 11.4 Å². The van der Waals surface area contributed by atoms with Gasteiger partial charge in [-0.3, -0.25) is 9.78 Å². The number of carbonyl (C=O) groups excluding carboxylic acids is 1. The van der Waals surface area contributed by atoms with Crippen LogP contribution in [0.15, 0.2) is 77.4 Å². The van der Waals surface area contributed by atoms with Gasteiger partial charge in [0.05, 0.1) is 11.2 Å². The van der Waals surface area contributed by atoms with Crippen molar-refractivity contribution in [3.05, 3.63) is 78.6 Å². The van der Waals surface area contributed by atoms with Crippen LogP contribution in [0.4, 0.5) is 5.69 Å². The summed E-state index contributed by atoms with van der Waals surface area (Å²) in [5, 5.41) is 7.61. The van der Waals surface area contributed by atoms with Crippen LogP contribution in [0.3, 0.4) is 0 Å². The minimum absolute atomic E-state index is 0.231. The summed E-state index contributed by atoms with van der Waals surface area (Å²) in [4.78, 5) is 16.7. The SMILES string of the molecule is O=C(Nc1cccc2ncccc12)c1cc(-c2ccccc2)on1. The maximum Gasteiger partial charge on any atom is 0.277 e. The number of hydrogen-bond donors (Lipinski definition) is 1. The second kappa shape index (κ2) is 5.96. The summed E-state index contributed by atoms with van der Waals surface area (Å²) in [6.07, 6.45) is 1.72. The quantitative estimate of drug-likeness (QED) is 0.617. The van der Waals surface area contributed by atoms with E-state index in [1.165, 1.54) is 0 Å². The van der Waals surface area contributed by atoms with Gasteiger partial charge < -0.3 is 9.84 Å². The van der Waals surface area contributed by atoms with E-state index in [-0.39, 0.29) is 11.6 Å². The van der Waals surface area contributed by atoms with Gasteiger partial charge in [0.2, 0.25) is 0 Å². The lowest BCUT2D eigenvalue weighted by Crippen LogP contribution is -2.12. The van der Waals surface area contributed by atoms with Gasteiger partial charge in [-0.1, -0.05) is 41.6 Å². The molecular weight excluding hydrogens is 302 g/mol. The first-order valence-corrected chi connectivity index (χ1v) is 7.48. The molecule has 0 radical (unpaired) electrons. The molecule has 0 saturated carbocycles. The van der Waals surface area contributed by atoms with Crippen LogP contribution in [0.25, 0.3) is 22.2 Å². The Morgan fingerprint density at radius 3 is 2.71 bits per heavy atom. The second-order valence-corrected chi connectivity index (χ2v) is 5.27. The summed E-state index contributed by atoms with van der Waals surface area (Å²) in [6, 6.07) is 20.5. The standard InChI is InChI=1S/C19H13N3O2/c23-19(17-12-18(24-22-17)13-6-2-1-3-7-13)21-16-10-4-9-15-14(16)8-5-11-20-15/h1-12H,(H,21,23). The normalized spacial score (nSPS) is 10.7. The Hall–Kier alpha value is -3.47. The van der Waals surface area contributed by atoms with Crippen LogP contribution in [0, 0.1) is 0 Å². The first-order valence-electron chi connectivity index (χ1n) is 7.48. The van der Waals surface area contributed by atoms with Gasteiger partial charge in [-0.2, -0.15) is 0 Å². The number of pyridine rings is 1. The molecule has 0 fully saturated rings. The zero-order valence-corrected chi connectivity index (χ0v) is 12.6. The summed E-state index contributed by atoms with van der Waals surface area (Å²) >= 11 is 0. The smallest absolute Gasteiger partial charge is 0.277 e. The molecular formula is C19H13N3O2. The number of nitrogens with one attached hydrogen (secondary N) is 1. The van der Waals surface area contributed by atoms with E-state index in [2.05, 4.69) is 15.5 Å². The molecule has 0 bridgehead atoms. The third-order valence-corrected chi connectivity index (χ3v) is 3.69. The lowest BCUT2D eigenvalue weighted by Gasteiger charge is -2.06. The molecule has 4 aromatic rings. The molecule has 5 nitrogen and oxygen atoms in total. The van der Waals surface area contributed by atoms with Crippen molar-refractivity contribution in [3.8, 4) is 11.3 Å². The highest BCUT2D eigenvalue weighted by Gasteiger charge is 2.14. The predicted octanol–water partition coefficient (Wildman–Crippen LogP) is 4.14. The number of fused-ring (bicyclic) bond motifs is 1. The Morgan fingerprint density at radius 2 is 1.83 bits per heavy atom. The summed E-state index contributed by atoms with van der Waals surface area (Å²) in [5.74, 6) is 0.234. The van der Waals surface area contributed by atoms with E-state index in [4.69, 9.17) is 4.52 Å². The second-order valence-electron chi connectivity index (χ2n) is 5.27. The van der Waals surface area contributed by atoms with E-state index < -0.39 is 0 Å². The van der Waals surface area contributed by atoms with Gasteiger partial charge in [0, 0.05) is 23.2 Å². The molecule has 1 N–H and O–H groups in total. The molecule has 0 aliphatic carbocycles. The molecule has 0 aliphatic heterocycles. The third kappa shape index (κ3) is 2.63. The maximum absolute atomic E-state index is 12.4. The Balaban J connectivity index is 1.62. The van der Waals surface area contributed by atoms with Crippen LogP contribution < -0.4 is 5.32 Å². The van der Waals surface area contributed by atoms with Gasteiger partial charge in [-0.15, -0.1) is 0 Å². The van der Waals surface area contributed by atoms with Crippen molar-refractivity contribution in [1.29, 1.82) is 0 Å². The van der Waals surface area contributed by atoms with E-state index in [1.54, 1.807) is 12.3 Å². The van der Waals surface area contributed by atoms with Gasteiger partial charge in [0.15, 0.2) is 11.5 Å². The summed E-state index contributed by atoms with van der Waals surface area (Å²) in [5.41, 5.74) is 2.61. The molecule has 24 heavy (non-hydrogen) atoms. The van der Waals surface area contributed by atoms with Crippen molar-refractivity contribution in [3.63, 3.8) is 0 Å². The first kappa shape index (κ1) is 14.1. The summed E-state index contributed by atoms with van der Waals surface area (Å²) in [6.45, 7) is 0. The molecule has 4 rings (SSSR count). The lowest BCUT2D eigenvalue weighted by molar-refractivity contribution is 0.101. The summed E-state index contributed by atoms with van der Waals surface area (Å²) < 4.78 is 5.27. The monoisotopic (exact) mass is 315 g/mol. The van der Waals surface area contributed by atoms with Crippen LogP contribution in [0.1, 0.15) is 10.5 Å². The number of anilines is 1. The van der Waals surface area contributed by atoms with Crippen LogP contribution in [-0.4, -0.2) is 16.0 Å². The van der Waals surface area contributed by atoms with Crippen molar-refractivity contribution in [2.75, 3.05) is 5.32 Å². The van der Waals surface area contributed by atoms with E-state index in [1.807, 2.05) is 60.7 Å². The van der Waals surface area contributed by atoms with Gasteiger partial charge >= 0.3 is 0 Å². The molecule has 0 atom stereocenters. The van der Waals surface area contributed by atoms with Crippen molar-refractivity contribution in [1.82, 2.24) is 10.1 Å². The molecule has 0 aliphatic rings. The molecule has 0 unspecified atom stereocenters. The third-order valence-electron chi connectivity index (χ3n) is 3.69. The van der Waals surface area contributed by atoms with Crippen LogP contribution in [0.2, 0.25) is 0 Å². The summed E-state index contributed by atoms with van der Waals surface area (Å²) in [7, 11) is 0. The Kier molecular flexibility index (Phi) is 3.51. The number of benzene rings is 2. The zero-order chi connectivity index (χ0) is 16.4. The van der Waals surface area contributed by atoms with Gasteiger partial charge in [-0.25, -0.2) is 0 Å². The predicted molar refractivity (Wildman–Crippen MR) is 91.6 cm³/mol. The van der Waals surface area contributed by atoms with Crippen LogP contribution in [0.5, 0.6) is 0 Å². The average Bonchev–Trinajstić information content (AvgIpc) is 3.13. The highest BCUT2D eigenvalue weighted by Crippen LogP contribution is 2.23. The number of rotatable bonds is 3. The van der Waals surface area contributed by atoms with Crippen molar-refractivity contribution in [2.45, 2.75) is 0 Å². The minimum Gasteiger partial charge on any atom is -0.355 e. The fraction of sp³-hybridized carbons (Fsp3) is 0. The Bertz CT molecular complexity index is 1000. The van der Waals surface area contributed by atoms with E-state index in [0.717, 1.165) is 16.5 Å². The number of nitrogens with zero attached hydrogens (tertiary/aromatic N) is 2. The molecule has 0 spiro atoms. The maximum atomic E-state index is 12.4. The topological polar surface area (TPSA) is 68.0 Å². The van der Waals surface area contributed by atoms with Crippen molar-refractivity contribution in [2.24, 2.45) is 0 Å². The van der Waals surface area contributed by atoms with Crippen molar-refractivity contribution < 1.29 is 9.32 Å². The first-order chi connectivity index (χ1) is 11.8. The highest BCUT2D eigenvalue weighted by atomic mass is 16.5. The number of carbonyl (C=O) groups is 1. The van der Waals surface area contributed by atoms with Gasteiger partial charge in [0.25, 0.3) is 5.91 Å². The van der Waals surface area contributed by atoms with Gasteiger partial charge in [0.1, 0.15) is 0 Å². The largest absolute Gasteiger partial charge is 0.355 e. The number of amides is 1. The molecule has 2 aromatic heterocycles. The Labute approximate surface area is 137 Å². The molecule has 116 valence electrons. The average molecular weight is 315 g/mol. The molecule has 1 amide bonds. The zero-order valence-electron chi connectivity index (χ0n) is 12.6. The number of aromatic nitrogens is 2. The fourth-order valence-electron chi connectivity index (χ4n) is 2.52. The van der Waals surface area contributed by atoms with E-state index in [9.17, 15) is 4.79 Å². The minimum atomic E-state index is -0.322. The number of hydrogen-bond acceptors (Lipinski definition) is 4. The lowest BCUT2D eigenvalue weighted by atomic mass is 10.1. The van der Waals surface area contributed by atoms with E-state index >= 15 is 0 Å². The molecule has 0 saturated heterocycles. The fourth-order valence-corrected chi connectivity index (χ4v) is 2.52. The highest BCUT2D eigenvalue weighted by molar-refractivity contribution is 6.07. The van der Waals surface area contributed by atoms with Crippen LogP contribution >= 0.6 is 0 Å². The van der Waals surface area contributed by atoms with Gasteiger partial charge in [-0.05, 0) is 24.3 Å². The van der Waals surface area contributed by atoms with Crippen molar-refractivity contribution >= 4 is 22.5 Å². The molecule has 2 aromatic carbocycles. The van der Waals surface area contributed by atoms with Crippen LogP contribution in [-0.2, 0) is 0 Å². The molecule has 2 heterocycles. The Morgan fingerprint density at radius 1 is 0.958 bits per heavy atom. The molecule has 5 heteroatoms.